The summed E-state index contributed by atoms with van der Waals surface area (Å²) in [5, 5.41) is 12.1. The van der Waals surface area contributed by atoms with Crippen LogP contribution in [0.2, 0.25) is 5.02 Å². The van der Waals surface area contributed by atoms with E-state index in [1.807, 2.05) is 18.2 Å². The number of nitrogens with zero attached hydrogens (tertiary/aromatic N) is 2. The molecular formula is C13H13ClN2O2S2. The smallest absolute Gasteiger partial charge is 0.207 e. The summed E-state index contributed by atoms with van der Waals surface area (Å²) in [6.45, 7) is 3.10. The van der Waals surface area contributed by atoms with Crippen LogP contribution in [0.1, 0.15) is 0 Å². The van der Waals surface area contributed by atoms with Crippen LogP contribution in [-0.2, 0) is 4.74 Å². The van der Waals surface area contributed by atoms with Gasteiger partial charge in [0, 0.05) is 13.1 Å². The lowest BCUT2D eigenvalue weighted by Gasteiger charge is -2.29. The zero-order valence-electron chi connectivity index (χ0n) is 10.6. The van der Waals surface area contributed by atoms with Crippen molar-refractivity contribution in [2.75, 3.05) is 31.2 Å². The van der Waals surface area contributed by atoms with E-state index in [9.17, 15) is 5.11 Å². The molecule has 0 radical (unpaired) electrons. The Bertz CT molecular complexity index is 677. The van der Waals surface area contributed by atoms with Crippen molar-refractivity contribution in [3.63, 3.8) is 0 Å². The highest BCUT2D eigenvalue weighted by molar-refractivity contribution is 7.73. The normalized spacial score (nSPS) is 15.6. The van der Waals surface area contributed by atoms with Crippen LogP contribution in [0, 0.1) is 3.95 Å². The van der Waals surface area contributed by atoms with Crippen molar-refractivity contribution in [3.8, 4) is 11.6 Å². The maximum absolute atomic E-state index is 9.83. The highest BCUT2D eigenvalue weighted by Gasteiger charge is 2.15. The molecule has 1 fully saturated rings. The van der Waals surface area contributed by atoms with E-state index < -0.39 is 0 Å². The molecule has 2 heterocycles. The van der Waals surface area contributed by atoms with Gasteiger partial charge in [0.25, 0.3) is 0 Å². The Hall–Kier alpha value is -1.08. The van der Waals surface area contributed by atoms with Gasteiger partial charge in [0.05, 0.1) is 35.0 Å². The number of halogens is 1. The molecule has 0 atom stereocenters. The minimum absolute atomic E-state index is 0.134. The molecule has 106 valence electrons. The summed E-state index contributed by atoms with van der Waals surface area (Å²) in [6, 6.07) is 5.70. The van der Waals surface area contributed by atoms with Crippen LogP contribution < -0.4 is 4.90 Å². The van der Waals surface area contributed by atoms with E-state index in [2.05, 4.69) is 4.90 Å². The van der Waals surface area contributed by atoms with E-state index in [0.717, 1.165) is 24.5 Å². The number of aromatic nitrogens is 1. The van der Waals surface area contributed by atoms with Gasteiger partial charge in [0.1, 0.15) is 0 Å². The highest BCUT2D eigenvalue weighted by atomic mass is 35.5. The molecule has 7 heteroatoms. The van der Waals surface area contributed by atoms with Gasteiger partial charge in [-0.3, -0.25) is 4.57 Å². The number of anilines is 1. The summed E-state index contributed by atoms with van der Waals surface area (Å²) < 4.78 is 7.54. The Balaban J connectivity index is 1.97. The minimum Gasteiger partial charge on any atom is -0.494 e. The topological polar surface area (TPSA) is 37.6 Å². The van der Waals surface area contributed by atoms with Gasteiger partial charge < -0.3 is 14.7 Å². The Morgan fingerprint density at radius 2 is 2.05 bits per heavy atom. The van der Waals surface area contributed by atoms with Gasteiger partial charge in [-0.15, -0.1) is 11.3 Å². The van der Waals surface area contributed by atoms with Crippen molar-refractivity contribution in [3.05, 3.63) is 32.6 Å². The molecule has 0 unspecified atom stereocenters. The second-order valence-corrected chi connectivity index (χ2v) is 6.34. The quantitative estimate of drug-likeness (QED) is 0.857. The average Bonchev–Trinajstić information content (AvgIpc) is 2.79. The maximum atomic E-state index is 9.83. The fourth-order valence-corrected chi connectivity index (χ4v) is 3.49. The van der Waals surface area contributed by atoms with E-state index in [1.54, 1.807) is 9.95 Å². The van der Waals surface area contributed by atoms with Crippen molar-refractivity contribution >= 4 is 40.8 Å². The third-order valence-electron chi connectivity index (χ3n) is 3.22. The van der Waals surface area contributed by atoms with Gasteiger partial charge in [-0.1, -0.05) is 11.6 Å². The first-order valence-corrected chi connectivity index (χ1v) is 7.85. The van der Waals surface area contributed by atoms with Gasteiger partial charge in [0.2, 0.25) is 5.88 Å². The third kappa shape index (κ3) is 2.56. The summed E-state index contributed by atoms with van der Waals surface area (Å²) in [5.41, 5.74) is 1.76. The first kappa shape index (κ1) is 13.9. The number of aromatic hydroxyl groups is 1. The molecule has 1 saturated heterocycles. The Morgan fingerprint density at radius 1 is 1.30 bits per heavy atom. The van der Waals surface area contributed by atoms with Crippen molar-refractivity contribution < 1.29 is 9.84 Å². The molecule has 2 aromatic rings. The fraction of sp³-hybridized carbons (Fsp3) is 0.308. The van der Waals surface area contributed by atoms with E-state index >= 15 is 0 Å². The monoisotopic (exact) mass is 328 g/mol. The molecular weight excluding hydrogens is 316 g/mol. The van der Waals surface area contributed by atoms with Crippen molar-refractivity contribution in [1.82, 2.24) is 4.57 Å². The van der Waals surface area contributed by atoms with Crippen molar-refractivity contribution in [2.24, 2.45) is 0 Å². The summed E-state index contributed by atoms with van der Waals surface area (Å²) in [4.78, 5) is 2.20. The lowest BCUT2D eigenvalue weighted by atomic mass is 10.2. The molecule has 20 heavy (non-hydrogen) atoms. The lowest BCUT2D eigenvalue weighted by molar-refractivity contribution is 0.122. The number of hydrogen-bond donors (Lipinski definition) is 1. The molecule has 1 aromatic carbocycles. The van der Waals surface area contributed by atoms with Crippen molar-refractivity contribution in [1.29, 1.82) is 0 Å². The molecule has 0 aliphatic carbocycles. The Kier molecular flexibility index (Phi) is 3.98. The number of ether oxygens (including phenoxy) is 1. The van der Waals surface area contributed by atoms with E-state index in [0.29, 0.717) is 22.2 Å². The SMILES string of the molecule is Oc1csc(=S)n1-c1ccc(N2CCOCC2)c(Cl)c1. The molecule has 0 bridgehead atoms. The van der Waals surface area contributed by atoms with E-state index in [1.165, 1.54) is 11.3 Å². The molecule has 4 nitrogen and oxygen atoms in total. The molecule has 0 amide bonds. The summed E-state index contributed by atoms with van der Waals surface area (Å²) in [6.07, 6.45) is 0. The molecule has 3 rings (SSSR count). The number of morpholine rings is 1. The van der Waals surface area contributed by atoms with Crippen LogP contribution in [-0.4, -0.2) is 36.0 Å². The predicted octanol–water partition coefficient (Wildman–Crippen LogP) is 3.46. The van der Waals surface area contributed by atoms with Crippen LogP contribution >= 0.6 is 35.2 Å². The molecule has 0 spiro atoms. The summed E-state index contributed by atoms with van der Waals surface area (Å²) in [7, 11) is 0. The van der Waals surface area contributed by atoms with Gasteiger partial charge in [0.15, 0.2) is 3.95 Å². The number of hydrogen-bond acceptors (Lipinski definition) is 5. The third-order valence-corrected chi connectivity index (χ3v) is 4.70. The predicted molar refractivity (Wildman–Crippen MR) is 84.2 cm³/mol. The van der Waals surface area contributed by atoms with E-state index in [-0.39, 0.29) is 5.88 Å². The zero-order chi connectivity index (χ0) is 14.1. The molecule has 1 aliphatic heterocycles. The van der Waals surface area contributed by atoms with Crippen LogP contribution in [0.4, 0.5) is 5.69 Å². The first-order chi connectivity index (χ1) is 9.66. The van der Waals surface area contributed by atoms with Gasteiger partial charge in [-0.25, -0.2) is 0 Å². The number of rotatable bonds is 2. The second-order valence-electron chi connectivity index (χ2n) is 4.43. The van der Waals surface area contributed by atoms with Crippen LogP contribution in [0.3, 0.4) is 0 Å². The minimum atomic E-state index is 0.134. The Labute approximate surface area is 130 Å². The van der Waals surface area contributed by atoms with E-state index in [4.69, 9.17) is 28.6 Å². The summed E-state index contributed by atoms with van der Waals surface area (Å²) in [5.74, 6) is 0.134. The second kappa shape index (κ2) is 5.73. The summed E-state index contributed by atoms with van der Waals surface area (Å²) >= 11 is 12.9. The molecule has 1 N–H and O–H groups in total. The number of benzene rings is 1. The van der Waals surface area contributed by atoms with Gasteiger partial charge in [-0.2, -0.15) is 0 Å². The molecule has 1 aliphatic rings. The molecule has 0 saturated carbocycles. The zero-order valence-corrected chi connectivity index (χ0v) is 13.0. The van der Waals surface area contributed by atoms with Crippen LogP contribution in [0.5, 0.6) is 5.88 Å². The maximum Gasteiger partial charge on any atom is 0.207 e. The van der Waals surface area contributed by atoms with Crippen molar-refractivity contribution in [2.45, 2.75) is 0 Å². The van der Waals surface area contributed by atoms with Gasteiger partial charge >= 0.3 is 0 Å². The fourth-order valence-electron chi connectivity index (χ4n) is 2.24. The lowest BCUT2D eigenvalue weighted by Crippen LogP contribution is -2.36. The molecule has 1 aromatic heterocycles. The highest BCUT2D eigenvalue weighted by Crippen LogP contribution is 2.31. The van der Waals surface area contributed by atoms with Crippen LogP contribution in [0.15, 0.2) is 23.6 Å². The first-order valence-electron chi connectivity index (χ1n) is 6.19. The number of thiazole rings is 1. The largest absolute Gasteiger partial charge is 0.494 e. The van der Waals surface area contributed by atoms with Crippen LogP contribution in [0.25, 0.3) is 5.69 Å². The standard InChI is InChI=1S/C13H13ClN2O2S2/c14-10-7-9(16-12(17)8-20-13(16)19)1-2-11(10)15-3-5-18-6-4-15/h1-2,7-8,17H,3-6H2. The van der Waals surface area contributed by atoms with Gasteiger partial charge in [-0.05, 0) is 30.4 Å². The Morgan fingerprint density at radius 3 is 2.65 bits per heavy atom. The average molecular weight is 329 g/mol.